The lowest BCUT2D eigenvalue weighted by Gasteiger charge is -2.17. The minimum atomic E-state index is 0.0639. The smallest absolute Gasteiger partial charge is 0.231 e. The molecule has 0 bridgehead atoms. The van der Waals surface area contributed by atoms with Gasteiger partial charge in [0.2, 0.25) is 5.91 Å². The molecule has 0 saturated carbocycles. The summed E-state index contributed by atoms with van der Waals surface area (Å²) < 4.78 is 0. The summed E-state index contributed by atoms with van der Waals surface area (Å²) in [4.78, 5) is 13.6. The number of rotatable bonds is 3. The highest BCUT2D eigenvalue weighted by atomic mass is 32.1. The molecule has 0 aliphatic carbocycles. The number of nitrogen functional groups attached to an aromatic ring is 1. The number of nitrogens with two attached hydrogens (primary N) is 1. The molecule has 1 heterocycles. The van der Waals surface area contributed by atoms with Crippen molar-refractivity contribution in [1.29, 1.82) is 0 Å². The summed E-state index contributed by atoms with van der Waals surface area (Å²) >= 11 is 1.60. The third kappa shape index (κ3) is 2.85. The number of anilines is 2. The fourth-order valence-corrected chi connectivity index (χ4v) is 2.23. The van der Waals surface area contributed by atoms with Crippen molar-refractivity contribution < 1.29 is 4.79 Å². The summed E-state index contributed by atoms with van der Waals surface area (Å²) in [5.41, 5.74) is 8.24. The van der Waals surface area contributed by atoms with Crippen LogP contribution < -0.4 is 10.6 Å². The molecule has 88 valence electrons. The maximum absolute atomic E-state index is 12.0. The molecule has 4 heteroatoms. The second-order valence-electron chi connectivity index (χ2n) is 3.86. The zero-order chi connectivity index (χ0) is 12.3. The Hall–Kier alpha value is -1.81. The number of carbonyl (C=O) groups excluding carboxylic acids is 1. The SMILES string of the molecule is CN(C(=O)Cc1ccsc1)c1cccc(N)c1. The first kappa shape index (κ1) is 11.7. The van der Waals surface area contributed by atoms with E-state index in [4.69, 9.17) is 5.73 Å². The minimum absolute atomic E-state index is 0.0639. The molecule has 17 heavy (non-hydrogen) atoms. The number of nitrogens with zero attached hydrogens (tertiary/aromatic N) is 1. The van der Waals surface area contributed by atoms with Crippen molar-refractivity contribution in [3.63, 3.8) is 0 Å². The first-order chi connectivity index (χ1) is 8.16. The van der Waals surface area contributed by atoms with E-state index in [0.29, 0.717) is 12.1 Å². The summed E-state index contributed by atoms with van der Waals surface area (Å²) in [5, 5.41) is 3.97. The van der Waals surface area contributed by atoms with E-state index in [-0.39, 0.29) is 5.91 Å². The van der Waals surface area contributed by atoms with Gasteiger partial charge in [0.05, 0.1) is 6.42 Å². The van der Waals surface area contributed by atoms with Crippen molar-refractivity contribution in [1.82, 2.24) is 0 Å². The predicted octanol–water partition coefficient (Wildman–Crippen LogP) is 2.54. The van der Waals surface area contributed by atoms with E-state index in [9.17, 15) is 4.79 Å². The van der Waals surface area contributed by atoms with Gasteiger partial charge in [-0.1, -0.05) is 6.07 Å². The van der Waals surface area contributed by atoms with Crippen molar-refractivity contribution in [2.75, 3.05) is 17.7 Å². The normalized spacial score (nSPS) is 10.2. The Morgan fingerprint density at radius 1 is 1.41 bits per heavy atom. The summed E-state index contributed by atoms with van der Waals surface area (Å²) in [6, 6.07) is 9.29. The van der Waals surface area contributed by atoms with Crippen LogP contribution in [0, 0.1) is 0 Å². The number of carbonyl (C=O) groups is 1. The number of amides is 1. The van der Waals surface area contributed by atoms with E-state index in [0.717, 1.165) is 11.3 Å². The summed E-state index contributed by atoms with van der Waals surface area (Å²) in [5.74, 6) is 0.0639. The van der Waals surface area contributed by atoms with Gasteiger partial charge in [-0.3, -0.25) is 4.79 Å². The lowest BCUT2D eigenvalue weighted by atomic mass is 10.2. The van der Waals surface area contributed by atoms with Gasteiger partial charge in [-0.2, -0.15) is 11.3 Å². The Labute approximate surface area is 104 Å². The molecule has 2 aromatic rings. The van der Waals surface area contributed by atoms with Crippen LogP contribution in [-0.2, 0) is 11.2 Å². The molecule has 2 rings (SSSR count). The highest BCUT2D eigenvalue weighted by Crippen LogP contribution is 2.17. The molecule has 1 aromatic heterocycles. The lowest BCUT2D eigenvalue weighted by molar-refractivity contribution is -0.117. The maximum atomic E-state index is 12.0. The van der Waals surface area contributed by atoms with Crippen molar-refractivity contribution in [3.05, 3.63) is 46.7 Å². The largest absolute Gasteiger partial charge is 0.399 e. The molecule has 0 spiro atoms. The monoisotopic (exact) mass is 246 g/mol. The van der Waals surface area contributed by atoms with Gasteiger partial charge in [0.15, 0.2) is 0 Å². The highest BCUT2D eigenvalue weighted by Gasteiger charge is 2.11. The van der Waals surface area contributed by atoms with Gasteiger partial charge in [-0.05, 0) is 40.6 Å². The van der Waals surface area contributed by atoms with Crippen molar-refractivity contribution >= 4 is 28.6 Å². The summed E-state index contributed by atoms with van der Waals surface area (Å²) in [6.07, 6.45) is 0.425. The van der Waals surface area contributed by atoms with Gasteiger partial charge in [0.25, 0.3) is 0 Å². The predicted molar refractivity (Wildman–Crippen MR) is 72.3 cm³/mol. The van der Waals surface area contributed by atoms with Gasteiger partial charge in [-0.25, -0.2) is 0 Å². The number of hydrogen-bond acceptors (Lipinski definition) is 3. The molecule has 0 fully saturated rings. The molecule has 0 radical (unpaired) electrons. The van der Waals surface area contributed by atoms with E-state index < -0.39 is 0 Å². The number of likely N-dealkylation sites (N-methyl/N-ethyl adjacent to an activating group) is 1. The van der Waals surface area contributed by atoms with Crippen LogP contribution in [0.15, 0.2) is 41.1 Å². The van der Waals surface area contributed by atoms with Gasteiger partial charge in [-0.15, -0.1) is 0 Å². The molecule has 0 unspecified atom stereocenters. The van der Waals surface area contributed by atoms with Crippen LogP contribution >= 0.6 is 11.3 Å². The highest BCUT2D eigenvalue weighted by molar-refractivity contribution is 7.08. The number of benzene rings is 1. The molecule has 1 amide bonds. The van der Waals surface area contributed by atoms with Crippen LogP contribution in [0.25, 0.3) is 0 Å². The average molecular weight is 246 g/mol. The molecule has 0 aliphatic rings. The Balaban J connectivity index is 2.09. The number of hydrogen-bond donors (Lipinski definition) is 1. The molecular weight excluding hydrogens is 232 g/mol. The van der Waals surface area contributed by atoms with Gasteiger partial charge in [0.1, 0.15) is 0 Å². The number of thiophene rings is 1. The van der Waals surface area contributed by atoms with Gasteiger partial charge >= 0.3 is 0 Å². The molecule has 0 saturated heterocycles. The molecule has 1 aromatic carbocycles. The molecular formula is C13H14N2OS. The van der Waals surface area contributed by atoms with E-state index in [2.05, 4.69) is 0 Å². The fraction of sp³-hybridized carbons (Fsp3) is 0.154. The molecule has 3 nitrogen and oxygen atoms in total. The lowest BCUT2D eigenvalue weighted by Crippen LogP contribution is -2.27. The molecule has 2 N–H and O–H groups in total. The quantitative estimate of drug-likeness (QED) is 0.846. The Morgan fingerprint density at radius 3 is 2.88 bits per heavy atom. The zero-order valence-electron chi connectivity index (χ0n) is 9.59. The van der Waals surface area contributed by atoms with E-state index >= 15 is 0 Å². The van der Waals surface area contributed by atoms with Crippen LogP contribution in [0.1, 0.15) is 5.56 Å². The third-order valence-corrected chi connectivity index (χ3v) is 3.30. The van der Waals surface area contributed by atoms with Crippen molar-refractivity contribution in [2.24, 2.45) is 0 Å². The van der Waals surface area contributed by atoms with E-state index in [1.807, 2.05) is 29.0 Å². The van der Waals surface area contributed by atoms with Crippen molar-refractivity contribution in [3.8, 4) is 0 Å². The van der Waals surface area contributed by atoms with Crippen LogP contribution in [0.3, 0.4) is 0 Å². The molecule has 0 atom stereocenters. The maximum Gasteiger partial charge on any atom is 0.231 e. The zero-order valence-corrected chi connectivity index (χ0v) is 10.4. The standard InChI is InChI=1S/C13H14N2OS/c1-15(12-4-2-3-11(14)8-12)13(16)7-10-5-6-17-9-10/h2-6,8-9H,7,14H2,1H3. The fourth-order valence-electron chi connectivity index (χ4n) is 1.56. The van der Waals surface area contributed by atoms with Crippen LogP contribution in [0.5, 0.6) is 0 Å². The second-order valence-corrected chi connectivity index (χ2v) is 4.64. The average Bonchev–Trinajstić information content (AvgIpc) is 2.80. The second kappa shape index (κ2) is 5.01. The van der Waals surface area contributed by atoms with Crippen molar-refractivity contribution in [2.45, 2.75) is 6.42 Å². The van der Waals surface area contributed by atoms with Gasteiger partial charge < -0.3 is 10.6 Å². The Kier molecular flexibility index (Phi) is 3.44. The first-order valence-electron chi connectivity index (χ1n) is 5.30. The van der Waals surface area contributed by atoms with Gasteiger partial charge in [0, 0.05) is 18.4 Å². The van der Waals surface area contributed by atoms with Crippen LogP contribution in [-0.4, -0.2) is 13.0 Å². The first-order valence-corrected chi connectivity index (χ1v) is 6.24. The Bertz CT molecular complexity index is 508. The Morgan fingerprint density at radius 2 is 2.24 bits per heavy atom. The topological polar surface area (TPSA) is 46.3 Å². The summed E-state index contributed by atoms with van der Waals surface area (Å²) in [7, 11) is 1.77. The summed E-state index contributed by atoms with van der Waals surface area (Å²) in [6.45, 7) is 0. The third-order valence-electron chi connectivity index (χ3n) is 2.57. The van der Waals surface area contributed by atoms with E-state index in [1.54, 1.807) is 35.4 Å². The molecule has 0 aliphatic heterocycles. The van der Waals surface area contributed by atoms with Crippen LogP contribution in [0.2, 0.25) is 0 Å². The minimum Gasteiger partial charge on any atom is -0.399 e. The van der Waals surface area contributed by atoms with Crippen LogP contribution in [0.4, 0.5) is 11.4 Å². The van der Waals surface area contributed by atoms with E-state index in [1.165, 1.54) is 0 Å².